The maximum Gasteiger partial charge on any atom is 0.507 e. The van der Waals surface area contributed by atoms with Crippen LogP contribution in [0, 0.1) is 6.92 Å². The van der Waals surface area contributed by atoms with Crippen LogP contribution in [-0.2, 0) is 21.4 Å². The van der Waals surface area contributed by atoms with Gasteiger partial charge in [-0.25, -0.2) is 18.2 Å². The van der Waals surface area contributed by atoms with Gasteiger partial charge in [0.05, 0.1) is 9.92 Å². The molecule has 4 rings (SSSR count). The molecule has 1 fully saturated rings. The fraction of sp³-hybridized carbons (Fsp3) is 0.273. The van der Waals surface area contributed by atoms with E-state index < -0.39 is 22.4 Å². The van der Waals surface area contributed by atoms with Gasteiger partial charge in [0.25, 0.3) is 0 Å². The number of nitrogens with zero attached hydrogens (tertiary/aromatic N) is 2. The van der Waals surface area contributed by atoms with Crippen LogP contribution >= 0.6 is 11.6 Å². The molecule has 9 nitrogen and oxygen atoms in total. The molecule has 0 spiro atoms. The third kappa shape index (κ3) is 4.97. The van der Waals surface area contributed by atoms with Crippen LogP contribution in [0.2, 0.25) is 5.02 Å². The smallest absolute Gasteiger partial charge is 0.486 e. The topological polar surface area (TPSA) is 119 Å². The summed E-state index contributed by atoms with van der Waals surface area (Å²) in [6.45, 7) is 2.01. The third-order valence-corrected chi connectivity index (χ3v) is 7.36. The van der Waals surface area contributed by atoms with E-state index in [0.717, 1.165) is 9.87 Å². The molecule has 2 heterocycles. The molecule has 1 atom stereocenters. The molecule has 3 aromatic rings. The fourth-order valence-electron chi connectivity index (χ4n) is 3.53. The Hall–Kier alpha value is -3.08. The van der Waals surface area contributed by atoms with Crippen LogP contribution < -0.4 is 4.74 Å². The molecular weight excluding hydrogens is 472 g/mol. The highest BCUT2D eigenvalue weighted by Gasteiger charge is 2.38. The van der Waals surface area contributed by atoms with Crippen molar-refractivity contribution in [2.45, 2.75) is 37.5 Å². The average molecular weight is 493 g/mol. The Bertz CT molecular complexity index is 1260. The highest BCUT2D eigenvalue weighted by molar-refractivity contribution is 7.89. The molecule has 1 aliphatic heterocycles. The number of aryl methyl sites for hydroxylation is 1. The number of carbonyl (C=O) groups is 1. The number of hydrogen-bond donors (Lipinski definition) is 1. The number of ether oxygens (including phenoxy) is 2. The van der Waals surface area contributed by atoms with E-state index in [9.17, 15) is 13.2 Å². The summed E-state index contributed by atoms with van der Waals surface area (Å²) in [6.07, 6.45) is -1.80. The van der Waals surface area contributed by atoms with Crippen molar-refractivity contribution in [3.8, 4) is 17.2 Å². The van der Waals surface area contributed by atoms with Gasteiger partial charge < -0.3 is 19.0 Å². The lowest BCUT2D eigenvalue weighted by molar-refractivity contribution is 0.0170. The minimum Gasteiger partial charge on any atom is -0.486 e. The molecule has 2 aromatic carbocycles. The predicted octanol–water partition coefficient (Wildman–Crippen LogP) is 4.69. The summed E-state index contributed by atoms with van der Waals surface area (Å²) in [7, 11) is -4.00. The van der Waals surface area contributed by atoms with Gasteiger partial charge in [0.1, 0.15) is 23.8 Å². The summed E-state index contributed by atoms with van der Waals surface area (Å²) in [5.41, 5.74) is 1.43. The molecule has 1 N–H and O–H groups in total. The lowest BCUT2D eigenvalue weighted by Gasteiger charge is -2.23. The maximum atomic E-state index is 13.0. The van der Waals surface area contributed by atoms with Gasteiger partial charge in [-0.05, 0) is 43.7 Å². The molecule has 0 saturated carbocycles. The first-order valence-corrected chi connectivity index (χ1v) is 11.9. The van der Waals surface area contributed by atoms with E-state index in [0.29, 0.717) is 30.2 Å². The van der Waals surface area contributed by atoms with Gasteiger partial charge in [-0.15, -0.1) is 0 Å². The number of oxazole rings is 1. The summed E-state index contributed by atoms with van der Waals surface area (Å²) in [5, 5.41) is 8.95. The van der Waals surface area contributed by atoms with E-state index in [4.69, 9.17) is 30.6 Å². The van der Waals surface area contributed by atoms with E-state index in [1.54, 1.807) is 6.92 Å². The van der Waals surface area contributed by atoms with Crippen molar-refractivity contribution in [3.63, 3.8) is 0 Å². The Morgan fingerprint density at radius 2 is 2.03 bits per heavy atom. The molecule has 33 heavy (non-hydrogen) atoms. The fourth-order valence-corrected chi connectivity index (χ4v) is 5.43. The first kappa shape index (κ1) is 23.1. The maximum absolute atomic E-state index is 13.0. The Kier molecular flexibility index (Phi) is 6.59. The third-order valence-electron chi connectivity index (χ3n) is 5.18. The van der Waals surface area contributed by atoms with Crippen LogP contribution in [-0.4, -0.2) is 41.7 Å². The van der Waals surface area contributed by atoms with Crippen molar-refractivity contribution in [3.05, 3.63) is 65.0 Å². The van der Waals surface area contributed by atoms with Gasteiger partial charge in [0, 0.05) is 18.5 Å². The first-order valence-electron chi connectivity index (χ1n) is 10.1. The number of benzene rings is 2. The van der Waals surface area contributed by atoms with E-state index in [-0.39, 0.29) is 28.8 Å². The van der Waals surface area contributed by atoms with Crippen molar-refractivity contribution in [1.82, 2.24) is 9.29 Å². The van der Waals surface area contributed by atoms with Crippen LogP contribution in [0.1, 0.15) is 24.3 Å². The van der Waals surface area contributed by atoms with E-state index in [1.807, 2.05) is 30.3 Å². The summed E-state index contributed by atoms with van der Waals surface area (Å²) in [4.78, 5) is 15.3. The molecule has 11 heteroatoms. The quantitative estimate of drug-likeness (QED) is 0.472. The predicted molar refractivity (Wildman–Crippen MR) is 118 cm³/mol. The van der Waals surface area contributed by atoms with Crippen LogP contribution in [0.5, 0.6) is 5.75 Å². The van der Waals surface area contributed by atoms with Crippen LogP contribution in [0.15, 0.2) is 57.8 Å². The van der Waals surface area contributed by atoms with Crippen LogP contribution in [0.3, 0.4) is 0 Å². The highest BCUT2D eigenvalue weighted by Crippen LogP contribution is 2.32. The highest BCUT2D eigenvalue weighted by atomic mass is 35.5. The summed E-state index contributed by atoms with van der Waals surface area (Å²) in [5.74, 6) is 1.35. The number of hydrogen-bond acceptors (Lipinski definition) is 7. The second-order valence-corrected chi connectivity index (χ2v) is 9.66. The van der Waals surface area contributed by atoms with Crippen molar-refractivity contribution in [2.24, 2.45) is 0 Å². The second kappa shape index (κ2) is 9.42. The minimum atomic E-state index is -4.00. The molecule has 1 saturated heterocycles. The molecular formula is C22H21ClN2O7S. The van der Waals surface area contributed by atoms with Crippen LogP contribution in [0.4, 0.5) is 4.79 Å². The molecule has 1 aromatic heterocycles. The molecule has 174 valence electrons. The summed E-state index contributed by atoms with van der Waals surface area (Å²) >= 11 is 6.29. The molecule has 0 bridgehead atoms. The largest absolute Gasteiger partial charge is 0.507 e. The van der Waals surface area contributed by atoms with Gasteiger partial charge in [-0.1, -0.05) is 29.8 Å². The number of carboxylic acid groups (broad SMARTS) is 1. The number of halogens is 1. The van der Waals surface area contributed by atoms with Gasteiger partial charge in [0.2, 0.25) is 15.9 Å². The van der Waals surface area contributed by atoms with Gasteiger partial charge in [-0.2, -0.15) is 4.31 Å². The summed E-state index contributed by atoms with van der Waals surface area (Å²) in [6, 6.07) is 13.5. The zero-order valence-corrected chi connectivity index (χ0v) is 19.2. The zero-order chi connectivity index (χ0) is 23.6. The summed E-state index contributed by atoms with van der Waals surface area (Å²) < 4.78 is 43.2. The van der Waals surface area contributed by atoms with Gasteiger partial charge >= 0.3 is 6.16 Å². The van der Waals surface area contributed by atoms with Crippen molar-refractivity contribution >= 4 is 27.8 Å². The van der Waals surface area contributed by atoms with E-state index in [1.165, 1.54) is 18.2 Å². The normalized spacial score (nSPS) is 16.6. The first-order chi connectivity index (χ1) is 15.8. The van der Waals surface area contributed by atoms with Crippen molar-refractivity contribution in [2.75, 3.05) is 6.54 Å². The van der Waals surface area contributed by atoms with Crippen LogP contribution in [0.25, 0.3) is 11.5 Å². The molecule has 0 amide bonds. The number of sulfonamides is 1. The molecule has 0 aliphatic carbocycles. The lowest BCUT2D eigenvalue weighted by atomic mass is 10.2. The van der Waals surface area contributed by atoms with E-state index >= 15 is 0 Å². The SMILES string of the molecule is Cc1oc(-c2ccccc2)nc1COc1ccc(S(=O)(=O)N2CCC[C@H]2OC(=O)O)cc1Cl. The molecule has 0 radical (unpaired) electrons. The Balaban J connectivity index is 1.48. The number of aromatic nitrogens is 1. The van der Waals surface area contributed by atoms with Crippen molar-refractivity contribution in [1.29, 1.82) is 0 Å². The molecule has 1 aliphatic rings. The monoisotopic (exact) mass is 492 g/mol. The Morgan fingerprint density at radius 1 is 1.27 bits per heavy atom. The average Bonchev–Trinajstić information content (AvgIpc) is 3.40. The van der Waals surface area contributed by atoms with Crippen molar-refractivity contribution < 1.29 is 32.2 Å². The minimum absolute atomic E-state index is 0.0780. The van der Waals surface area contributed by atoms with E-state index in [2.05, 4.69) is 4.98 Å². The number of rotatable bonds is 7. The lowest BCUT2D eigenvalue weighted by Crippen LogP contribution is -2.38. The van der Waals surface area contributed by atoms with Gasteiger partial charge in [0.15, 0.2) is 6.23 Å². The zero-order valence-electron chi connectivity index (χ0n) is 17.6. The Morgan fingerprint density at radius 3 is 2.73 bits per heavy atom. The standard InChI is InChI=1S/C22H21ClN2O7S/c1-14-18(24-21(31-14)15-6-3-2-4-7-15)13-30-19-10-9-16(12-17(19)23)33(28,29)25-11-5-8-20(25)32-22(26)27/h2-4,6-7,9-10,12,20H,5,8,11,13H2,1H3,(H,26,27)/t20-/m1/s1. The second-order valence-electron chi connectivity index (χ2n) is 7.37. The molecule has 0 unspecified atom stereocenters. The van der Waals surface area contributed by atoms with Gasteiger partial charge in [-0.3, -0.25) is 0 Å². The Labute approximate surface area is 195 Å².